The van der Waals surface area contributed by atoms with E-state index in [0.29, 0.717) is 10.4 Å². The molecule has 0 fully saturated rings. The van der Waals surface area contributed by atoms with Gasteiger partial charge in [0.1, 0.15) is 0 Å². The van der Waals surface area contributed by atoms with E-state index in [1.165, 1.54) is 10.2 Å². The van der Waals surface area contributed by atoms with Gasteiger partial charge in [-0.1, -0.05) is 60.1 Å². The van der Waals surface area contributed by atoms with Crippen LogP contribution in [-0.2, 0) is 12.8 Å². The number of fused-ring (bicyclic) bond motifs is 2. The summed E-state index contributed by atoms with van der Waals surface area (Å²) in [6.07, 6.45) is 1.54. The zero-order chi connectivity index (χ0) is 20.9. The molecule has 31 heavy (non-hydrogen) atoms. The molecule has 2 aromatic heterocycles. The van der Waals surface area contributed by atoms with E-state index < -0.39 is 0 Å². The molecule has 6 rings (SSSR count). The van der Waals surface area contributed by atoms with Crippen LogP contribution in [0, 0.1) is 0 Å². The van der Waals surface area contributed by atoms with Crippen LogP contribution in [0.2, 0.25) is 5.02 Å². The average Bonchev–Trinajstić information content (AvgIpc) is 2.81. The van der Waals surface area contributed by atoms with Crippen LogP contribution >= 0.6 is 11.6 Å². The normalized spacial score (nSPS) is 15.5. The Labute approximate surface area is 183 Å². The van der Waals surface area contributed by atoms with Crippen molar-refractivity contribution in [2.45, 2.75) is 18.8 Å². The molecule has 1 aliphatic rings. The Kier molecular flexibility index (Phi) is 4.15. The number of benzene rings is 3. The van der Waals surface area contributed by atoms with Crippen LogP contribution in [0.15, 0.2) is 83.7 Å². The van der Waals surface area contributed by atoms with Crippen molar-refractivity contribution in [2.75, 3.05) is 0 Å². The van der Waals surface area contributed by atoms with Gasteiger partial charge < -0.3 is 0 Å². The first-order valence-electron chi connectivity index (χ1n) is 10.3. The van der Waals surface area contributed by atoms with E-state index in [1.54, 1.807) is 0 Å². The quantitative estimate of drug-likeness (QED) is 0.354. The fourth-order valence-electron chi connectivity index (χ4n) is 4.68. The van der Waals surface area contributed by atoms with Crippen LogP contribution in [0.25, 0.3) is 27.4 Å². The van der Waals surface area contributed by atoms with Crippen molar-refractivity contribution in [2.24, 2.45) is 0 Å². The third-order valence-electron chi connectivity index (χ3n) is 6.09. The second kappa shape index (κ2) is 7.03. The van der Waals surface area contributed by atoms with Gasteiger partial charge in [-0.3, -0.25) is 9.78 Å². The van der Waals surface area contributed by atoms with E-state index in [0.717, 1.165) is 46.2 Å². The van der Waals surface area contributed by atoms with E-state index >= 15 is 0 Å². The lowest BCUT2D eigenvalue weighted by molar-refractivity contribution is 0.627. The monoisotopic (exact) mass is 423 g/mol. The lowest BCUT2D eigenvalue weighted by Gasteiger charge is -2.25. The Morgan fingerprint density at radius 3 is 2.32 bits per heavy atom. The van der Waals surface area contributed by atoms with Crippen molar-refractivity contribution >= 4 is 33.3 Å². The highest BCUT2D eigenvalue weighted by Gasteiger charge is 2.28. The zero-order valence-electron chi connectivity index (χ0n) is 16.6. The summed E-state index contributed by atoms with van der Waals surface area (Å²) in [6.45, 7) is 0. The summed E-state index contributed by atoms with van der Waals surface area (Å²) in [7, 11) is 0. The summed E-state index contributed by atoms with van der Waals surface area (Å²) in [6, 6.07) is 25.6. The summed E-state index contributed by atoms with van der Waals surface area (Å²) in [5.41, 5.74) is 4.50. The maximum atomic E-state index is 13.7. The maximum absolute atomic E-state index is 13.7. The van der Waals surface area contributed by atoms with E-state index in [1.807, 2.05) is 54.6 Å². The number of para-hydroxylation sites is 1. The fraction of sp³-hybridized carbons (Fsp3) is 0.115. The largest absolute Gasteiger partial charge is 0.280 e. The van der Waals surface area contributed by atoms with E-state index in [4.69, 9.17) is 21.7 Å². The molecule has 4 nitrogen and oxygen atoms in total. The molecule has 1 atom stereocenters. The highest BCUT2D eigenvalue weighted by atomic mass is 35.5. The molecule has 2 heterocycles. The molecule has 5 heteroatoms. The molecule has 1 unspecified atom stereocenters. The van der Waals surface area contributed by atoms with Gasteiger partial charge in [0, 0.05) is 15.8 Å². The van der Waals surface area contributed by atoms with E-state index in [2.05, 4.69) is 24.3 Å². The van der Waals surface area contributed by atoms with Gasteiger partial charge >= 0.3 is 0 Å². The summed E-state index contributed by atoms with van der Waals surface area (Å²) in [5, 5.41) is 7.75. The molecule has 0 amide bonds. The minimum Gasteiger partial charge on any atom is -0.267 e. The molecule has 0 saturated carbocycles. The molecular formula is C26H18ClN3O. The highest BCUT2D eigenvalue weighted by molar-refractivity contribution is 6.31. The highest BCUT2D eigenvalue weighted by Crippen LogP contribution is 2.37. The van der Waals surface area contributed by atoms with Gasteiger partial charge in [-0.25, -0.2) is 0 Å². The third-order valence-corrected chi connectivity index (χ3v) is 6.32. The molecule has 3 aromatic carbocycles. The minimum absolute atomic E-state index is 0.140. The molecule has 0 saturated heterocycles. The molecule has 0 radical (unpaired) electrons. The van der Waals surface area contributed by atoms with Gasteiger partial charge in [0.05, 0.1) is 28.0 Å². The molecule has 0 aliphatic heterocycles. The van der Waals surface area contributed by atoms with Crippen molar-refractivity contribution in [3.05, 3.63) is 111 Å². The number of hydrogen-bond acceptors (Lipinski definition) is 3. The number of rotatable bonds is 2. The number of halogens is 1. The van der Waals surface area contributed by atoms with Gasteiger partial charge in [0.15, 0.2) is 0 Å². The predicted octanol–water partition coefficient (Wildman–Crippen LogP) is 5.47. The second-order valence-electron chi connectivity index (χ2n) is 7.99. The number of aromatic nitrogens is 3. The van der Waals surface area contributed by atoms with Crippen LogP contribution in [0.3, 0.4) is 0 Å². The van der Waals surface area contributed by atoms with Crippen molar-refractivity contribution < 1.29 is 0 Å². The Hall–Kier alpha value is -3.50. The Balaban J connectivity index is 1.70. The molecule has 1 aliphatic carbocycles. The average molecular weight is 424 g/mol. The molecular weight excluding hydrogens is 406 g/mol. The summed E-state index contributed by atoms with van der Waals surface area (Å²) in [4.78, 5) is 18.6. The van der Waals surface area contributed by atoms with Crippen LogP contribution in [0.1, 0.15) is 22.9 Å². The second-order valence-corrected chi connectivity index (χ2v) is 8.42. The standard InChI is InChI=1S/C26H18ClN3O/c27-18-11-12-21-20(15-18)24-25-22(28-21)13-17(16-7-3-1-4-8-16)14-23(25)29-30(26(24)31)19-9-5-2-6-10-19/h1-12,15,17H,13-14H2. The number of hydrogen-bond donors (Lipinski definition) is 0. The number of pyridine rings is 1. The molecule has 0 bridgehead atoms. The summed E-state index contributed by atoms with van der Waals surface area (Å²) in [5.74, 6) is 0.267. The fourth-order valence-corrected chi connectivity index (χ4v) is 4.85. The summed E-state index contributed by atoms with van der Waals surface area (Å²) >= 11 is 6.31. The minimum atomic E-state index is -0.140. The van der Waals surface area contributed by atoms with E-state index in [-0.39, 0.29) is 11.5 Å². The summed E-state index contributed by atoms with van der Waals surface area (Å²) < 4.78 is 1.52. The van der Waals surface area contributed by atoms with Crippen molar-refractivity contribution in [1.29, 1.82) is 0 Å². The molecule has 0 N–H and O–H groups in total. The first kappa shape index (κ1) is 18.3. The SMILES string of the molecule is O=c1c2c3c(nc4ccc(Cl)cc42)CC(c2ccccc2)Cc3nn1-c1ccccc1. The van der Waals surface area contributed by atoms with Crippen molar-refractivity contribution in [1.82, 2.24) is 14.8 Å². The van der Waals surface area contributed by atoms with Crippen molar-refractivity contribution in [3.8, 4) is 5.69 Å². The van der Waals surface area contributed by atoms with E-state index in [9.17, 15) is 4.79 Å². The Bertz CT molecular complexity index is 1510. The number of nitrogens with zero attached hydrogens (tertiary/aromatic N) is 3. The van der Waals surface area contributed by atoms with Gasteiger partial charge in [0.2, 0.25) is 0 Å². The van der Waals surface area contributed by atoms with Crippen LogP contribution in [0.5, 0.6) is 0 Å². The Morgan fingerprint density at radius 2 is 1.55 bits per heavy atom. The van der Waals surface area contributed by atoms with Gasteiger partial charge in [-0.05, 0) is 54.7 Å². The van der Waals surface area contributed by atoms with Crippen LogP contribution < -0.4 is 5.56 Å². The first-order valence-corrected chi connectivity index (χ1v) is 10.7. The lowest BCUT2D eigenvalue weighted by Crippen LogP contribution is -2.27. The predicted molar refractivity (Wildman–Crippen MR) is 124 cm³/mol. The van der Waals surface area contributed by atoms with Crippen LogP contribution in [-0.4, -0.2) is 14.8 Å². The topological polar surface area (TPSA) is 47.8 Å². The van der Waals surface area contributed by atoms with Gasteiger partial charge in [-0.2, -0.15) is 9.78 Å². The van der Waals surface area contributed by atoms with Gasteiger partial charge in [-0.15, -0.1) is 0 Å². The maximum Gasteiger partial charge on any atom is 0.280 e. The zero-order valence-corrected chi connectivity index (χ0v) is 17.4. The van der Waals surface area contributed by atoms with Crippen LogP contribution in [0.4, 0.5) is 0 Å². The molecule has 5 aromatic rings. The molecule has 0 spiro atoms. The van der Waals surface area contributed by atoms with Crippen molar-refractivity contribution in [3.63, 3.8) is 0 Å². The molecule has 150 valence electrons. The Morgan fingerprint density at radius 1 is 0.839 bits per heavy atom. The third kappa shape index (κ3) is 2.94. The van der Waals surface area contributed by atoms with Gasteiger partial charge in [0.25, 0.3) is 5.56 Å². The first-order chi connectivity index (χ1) is 15.2. The lowest BCUT2D eigenvalue weighted by atomic mass is 9.83. The smallest absolute Gasteiger partial charge is 0.267 e.